The monoisotopic (exact) mass is 508 g/mol. The van der Waals surface area contributed by atoms with Crippen molar-refractivity contribution in [1.82, 2.24) is 15.1 Å². The topological polar surface area (TPSA) is 60.3 Å². The number of carbonyl (C=O) groups excluding carboxylic acids is 1. The van der Waals surface area contributed by atoms with Crippen molar-refractivity contribution in [1.29, 1.82) is 0 Å². The van der Waals surface area contributed by atoms with Crippen molar-refractivity contribution in [2.24, 2.45) is 9.98 Å². The quantitative estimate of drug-likeness (QED) is 0.302. The third-order valence-corrected chi connectivity index (χ3v) is 3.54. The van der Waals surface area contributed by atoms with Crippen LogP contribution in [0.1, 0.15) is 122 Å². The van der Waals surface area contributed by atoms with Gasteiger partial charge in [0.2, 0.25) is 0 Å². The lowest BCUT2D eigenvalue weighted by Gasteiger charge is -2.08. The second-order valence-electron chi connectivity index (χ2n) is 6.89. The number of nitrogens with zero attached hydrogens (tertiary/aromatic N) is 4. The molecule has 6 heteroatoms. The molecular formula is C29H73N5O. The number of aliphatic imine (C=N–C) groups is 2. The molecule has 0 rings (SSSR count). The highest BCUT2D eigenvalue weighted by atomic mass is 16.1. The van der Waals surface area contributed by atoms with Crippen LogP contribution in [0.3, 0.4) is 0 Å². The van der Waals surface area contributed by atoms with Crippen LogP contribution >= 0.6 is 0 Å². The third-order valence-electron chi connectivity index (χ3n) is 3.54. The number of carbonyl (C=O) groups is 1. The first kappa shape index (κ1) is 54.5. The van der Waals surface area contributed by atoms with Crippen LogP contribution in [0.2, 0.25) is 0 Å². The molecule has 0 unspecified atom stereocenters. The molecule has 0 bridgehead atoms. The Bertz CT molecular complexity index is 340. The van der Waals surface area contributed by atoms with Crippen molar-refractivity contribution in [2.75, 3.05) is 55.9 Å². The maximum atomic E-state index is 10.0. The van der Waals surface area contributed by atoms with Gasteiger partial charge >= 0.3 is 0 Å². The van der Waals surface area contributed by atoms with Gasteiger partial charge in [0.05, 0.1) is 11.7 Å². The molecule has 6 nitrogen and oxygen atoms in total. The summed E-state index contributed by atoms with van der Waals surface area (Å²) in [6, 6.07) is 0. The molecule has 0 amide bonds. The number of unbranched alkanes of at least 4 members (excludes halogenated alkanes) is 1. The molecule has 0 aliphatic rings. The van der Waals surface area contributed by atoms with Crippen LogP contribution in [0.15, 0.2) is 9.98 Å². The minimum Gasteiger partial charge on any atom is -0.367 e. The van der Waals surface area contributed by atoms with Gasteiger partial charge in [0, 0.05) is 48.7 Å². The number of hydrogen-bond donors (Lipinski definition) is 1. The Morgan fingerprint density at radius 3 is 0.914 bits per heavy atom. The summed E-state index contributed by atoms with van der Waals surface area (Å²) in [5, 5.41) is 3.02. The lowest BCUT2D eigenvalue weighted by molar-refractivity contribution is -0.117. The maximum absolute atomic E-state index is 10.0. The van der Waals surface area contributed by atoms with Gasteiger partial charge in [0.1, 0.15) is 5.78 Å². The summed E-state index contributed by atoms with van der Waals surface area (Å²) in [4.78, 5) is 21.8. The summed E-state index contributed by atoms with van der Waals surface area (Å²) in [5.41, 5.74) is 0. The standard InChI is InChI=1S/2C5H12N2.C5H10O.C4H11N.C4H10.3C2H6/c2*1-5(6-2)7(3)4;1-3-4-5(2)6;1-3-4-5-2;1-3-4-2;3*1-2/h2*1-4H3;3-4H2,1-2H3;5H,3-4H2,1-2H3;3-4H2,1-2H3;3*1-2H3. The van der Waals surface area contributed by atoms with Gasteiger partial charge < -0.3 is 19.9 Å². The summed E-state index contributed by atoms with van der Waals surface area (Å²) < 4.78 is 0. The molecule has 0 aromatic heterocycles. The number of Topliss-reactive ketones (excluding diaryl/α,β-unsaturated/α-hetero) is 1. The summed E-state index contributed by atoms with van der Waals surface area (Å²) in [6.45, 7) is 27.2. The molecule has 1 N–H and O–H groups in total. The highest BCUT2D eigenvalue weighted by molar-refractivity contribution is 5.79. The SMILES string of the molecule is CC.CC.CC.CCCC.CCCC(C)=O.CCCNC.CN=C(C)N(C)C.CN=C(C)N(C)C. The smallest absolute Gasteiger partial charge is 0.129 e. The van der Waals surface area contributed by atoms with E-state index < -0.39 is 0 Å². The average Bonchev–Trinajstić information content (AvgIpc) is 2.88. The molecule has 0 aliphatic carbocycles. The lowest BCUT2D eigenvalue weighted by atomic mass is 10.3. The summed E-state index contributed by atoms with van der Waals surface area (Å²) in [7, 11) is 13.4. The van der Waals surface area contributed by atoms with Crippen molar-refractivity contribution >= 4 is 17.5 Å². The molecule has 0 saturated heterocycles. The van der Waals surface area contributed by atoms with Crippen molar-refractivity contribution in [3.63, 3.8) is 0 Å². The number of rotatable bonds is 5. The summed E-state index contributed by atoms with van der Waals surface area (Å²) in [6.07, 6.45) is 5.59. The van der Waals surface area contributed by atoms with Gasteiger partial charge in [-0.25, -0.2) is 0 Å². The Kier molecular flexibility index (Phi) is 99.2. The van der Waals surface area contributed by atoms with E-state index in [9.17, 15) is 4.79 Å². The third kappa shape index (κ3) is 111. The molecule has 0 fully saturated rings. The molecule has 0 aliphatic heterocycles. The second kappa shape index (κ2) is 63.7. The maximum Gasteiger partial charge on any atom is 0.129 e. The van der Waals surface area contributed by atoms with Gasteiger partial charge in [-0.2, -0.15) is 0 Å². The molecule has 35 heavy (non-hydrogen) atoms. The first-order valence-electron chi connectivity index (χ1n) is 13.8. The van der Waals surface area contributed by atoms with Crippen LogP contribution in [-0.4, -0.2) is 83.1 Å². The van der Waals surface area contributed by atoms with E-state index in [1.807, 2.05) is 107 Å². The van der Waals surface area contributed by atoms with Crippen LogP contribution in [0.25, 0.3) is 0 Å². The van der Waals surface area contributed by atoms with E-state index in [1.165, 1.54) is 19.3 Å². The molecule has 0 spiro atoms. The minimum absolute atomic E-state index is 0.289. The number of hydrogen-bond acceptors (Lipinski definition) is 4. The van der Waals surface area contributed by atoms with Crippen LogP contribution in [-0.2, 0) is 4.79 Å². The fourth-order valence-electron chi connectivity index (χ4n) is 1.00. The molecule has 0 heterocycles. The number of amidine groups is 2. The van der Waals surface area contributed by atoms with Crippen LogP contribution in [0.5, 0.6) is 0 Å². The van der Waals surface area contributed by atoms with E-state index in [-0.39, 0.29) is 5.78 Å². The molecular weight excluding hydrogens is 434 g/mol. The first-order chi connectivity index (χ1) is 16.5. The Morgan fingerprint density at radius 1 is 0.629 bits per heavy atom. The number of ketones is 1. The average molecular weight is 508 g/mol. The highest BCUT2D eigenvalue weighted by Gasteiger charge is 1.86. The second-order valence-corrected chi connectivity index (χ2v) is 6.89. The van der Waals surface area contributed by atoms with Gasteiger partial charge in [0.25, 0.3) is 0 Å². The van der Waals surface area contributed by atoms with Gasteiger partial charge in [0.15, 0.2) is 0 Å². The lowest BCUT2D eigenvalue weighted by Crippen LogP contribution is -2.17. The van der Waals surface area contributed by atoms with E-state index in [4.69, 9.17) is 0 Å². The zero-order valence-electron chi connectivity index (χ0n) is 28.4. The molecule has 0 aromatic carbocycles. The Morgan fingerprint density at radius 2 is 0.914 bits per heavy atom. The molecule has 0 atom stereocenters. The summed E-state index contributed by atoms with van der Waals surface area (Å²) >= 11 is 0. The van der Waals surface area contributed by atoms with Gasteiger partial charge in [-0.15, -0.1) is 0 Å². The summed E-state index contributed by atoms with van der Waals surface area (Å²) in [5.74, 6) is 2.40. The highest BCUT2D eigenvalue weighted by Crippen LogP contribution is 1.84. The Labute approximate surface area is 225 Å². The van der Waals surface area contributed by atoms with Crippen molar-refractivity contribution < 1.29 is 4.79 Å². The molecule has 0 saturated carbocycles. The fourth-order valence-corrected chi connectivity index (χ4v) is 1.00. The van der Waals surface area contributed by atoms with Crippen molar-refractivity contribution in [3.05, 3.63) is 0 Å². The van der Waals surface area contributed by atoms with Crippen LogP contribution in [0, 0.1) is 0 Å². The van der Waals surface area contributed by atoms with E-state index >= 15 is 0 Å². The van der Waals surface area contributed by atoms with Crippen molar-refractivity contribution in [2.45, 2.75) is 122 Å². The predicted octanol–water partition coefficient (Wildman–Crippen LogP) is 8.07. The van der Waals surface area contributed by atoms with Crippen LogP contribution in [0.4, 0.5) is 0 Å². The number of nitrogens with one attached hydrogen (secondary N) is 1. The Balaban J connectivity index is -0.0000000415. The first-order valence-corrected chi connectivity index (χ1v) is 13.8. The van der Waals surface area contributed by atoms with Gasteiger partial charge in [-0.05, 0) is 47.2 Å². The molecule has 220 valence electrons. The fraction of sp³-hybridized carbons (Fsp3) is 0.897. The van der Waals surface area contributed by atoms with Gasteiger partial charge in [-0.1, -0.05) is 82.1 Å². The van der Waals surface area contributed by atoms with Gasteiger partial charge in [-0.3, -0.25) is 9.98 Å². The van der Waals surface area contributed by atoms with Crippen molar-refractivity contribution in [3.8, 4) is 0 Å². The van der Waals surface area contributed by atoms with E-state index in [0.29, 0.717) is 0 Å². The van der Waals surface area contributed by atoms with Crippen LogP contribution < -0.4 is 5.32 Å². The predicted molar refractivity (Wildman–Crippen MR) is 170 cm³/mol. The minimum atomic E-state index is 0.289. The zero-order valence-corrected chi connectivity index (χ0v) is 28.4. The zero-order chi connectivity index (χ0) is 30.3. The largest absolute Gasteiger partial charge is 0.367 e. The Hall–Kier alpha value is -1.43. The van der Waals surface area contributed by atoms with E-state index in [0.717, 1.165) is 31.1 Å². The van der Waals surface area contributed by atoms with E-state index in [1.54, 1.807) is 21.0 Å². The molecule has 0 radical (unpaired) electrons. The van der Waals surface area contributed by atoms with E-state index in [2.05, 4.69) is 36.1 Å². The molecule has 0 aromatic rings. The normalized spacial score (nSPS) is 8.69.